The zero-order valence-electron chi connectivity index (χ0n) is 11.3. The minimum atomic E-state index is -0.343. The zero-order valence-corrected chi connectivity index (χ0v) is 11.3. The Morgan fingerprint density at radius 1 is 1.11 bits per heavy atom. The molecule has 98 valence electrons. The summed E-state index contributed by atoms with van der Waals surface area (Å²) in [5, 5.41) is 10.3. The highest BCUT2D eigenvalue weighted by Crippen LogP contribution is 2.40. The van der Waals surface area contributed by atoms with Crippen LogP contribution < -0.4 is 0 Å². The van der Waals surface area contributed by atoms with Gasteiger partial charge in [0.05, 0.1) is 6.10 Å². The Labute approximate surface area is 114 Å². The molecule has 1 aliphatic carbocycles. The van der Waals surface area contributed by atoms with Crippen molar-refractivity contribution < 1.29 is 5.11 Å². The van der Waals surface area contributed by atoms with Crippen LogP contribution in [0.5, 0.6) is 0 Å². The third kappa shape index (κ3) is 2.43. The van der Waals surface area contributed by atoms with Crippen LogP contribution in [-0.2, 0) is 12.8 Å². The van der Waals surface area contributed by atoms with Crippen LogP contribution in [0.1, 0.15) is 47.6 Å². The van der Waals surface area contributed by atoms with Gasteiger partial charge in [0.1, 0.15) is 0 Å². The topological polar surface area (TPSA) is 20.2 Å². The van der Waals surface area contributed by atoms with Gasteiger partial charge in [-0.3, -0.25) is 0 Å². The molecule has 0 radical (unpaired) electrons. The number of benzene rings is 2. The molecule has 3 rings (SSSR count). The van der Waals surface area contributed by atoms with Crippen LogP contribution in [0.15, 0.2) is 48.5 Å². The van der Waals surface area contributed by atoms with E-state index in [2.05, 4.69) is 55.5 Å². The highest BCUT2D eigenvalue weighted by atomic mass is 16.3. The SMILES string of the molecule is CCc1ccc(C(O)CC2Cc3ccccc32)cc1. The van der Waals surface area contributed by atoms with Crippen LogP contribution in [0.25, 0.3) is 0 Å². The maximum Gasteiger partial charge on any atom is 0.0796 e. The highest BCUT2D eigenvalue weighted by molar-refractivity contribution is 5.40. The van der Waals surface area contributed by atoms with E-state index in [1.165, 1.54) is 16.7 Å². The molecule has 19 heavy (non-hydrogen) atoms. The Kier molecular flexibility index (Phi) is 3.39. The van der Waals surface area contributed by atoms with Crippen molar-refractivity contribution in [2.24, 2.45) is 0 Å². The molecule has 1 aliphatic rings. The fraction of sp³-hybridized carbons (Fsp3) is 0.333. The lowest BCUT2D eigenvalue weighted by Crippen LogP contribution is -2.19. The molecule has 2 aromatic carbocycles. The Morgan fingerprint density at radius 2 is 1.84 bits per heavy atom. The number of hydrogen-bond acceptors (Lipinski definition) is 1. The number of fused-ring (bicyclic) bond motifs is 1. The maximum atomic E-state index is 10.3. The summed E-state index contributed by atoms with van der Waals surface area (Å²) in [5.41, 5.74) is 5.24. The number of aryl methyl sites for hydroxylation is 1. The Balaban J connectivity index is 1.67. The lowest BCUT2D eigenvalue weighted by atomic mass is 9.74. The van der Waals surface area contributed by atoms with Gasteiger partial charge >= 0.3 is 0 Å². The van der Waals surface area contributed by atoms with E-state index in [4.69, 9.17) is 0 Å². The molecule has 0 heterocycles. The first-order valence-corrected chi connectivity index (χ1v) is 7.12. The van der Waals surface area contributed by atoms with Gasteiger partial charge < -0.3 is 5.11 Å². The molecular weight excluding hydrogens is 232 g/mol. The molecule has 2 unspecified atom stereocenters. The van der Waals surface area contributed by atoms with E-state index in [0.29, 0.717) is 5.92 Å². The smallest absolute Gasteiger partial charge is 0.0796 e. The molecule has 0 bridgehead atoms. The van der Waals surface area contributed by atoms with E-state index in [1.54, 1.807) is 0 Å². The first kappa shape index (κ1) is 12.4. The van der Waals surface area contributed by atoms with Gasteiger partial charge in [0, 0.05) is 0 Å². The van der Waals surface area contributed by atoms with Gasteiger partial charge in [-0.2, -0.15) is 0 Å². The normalized spacial score (nSPS) is 18.5. The highest BCUT2D eigenvalue weighted by Gasteiger charge is 2.27. The monoisotopic (exact) mass is 252 g/mol. The van der Waals surface area contributed by atoms with Crippen molar-refractivity contribution in [3.05, 3.63) is 70.8 Å². The quantitative estimate of drug-likeness (QED) is 0.871. The van der Waals surface area contributed by atoms with Gasteiger partial charge in [0.2, 0.25) is 0 Å². The van der Waals surface area contributed by atoms with Gasteiger partial charge in [-0.25, -0.2) is 0 Å². The third-order valence-electron chi connectivity index (χ3n) is 4.24. The number of rotatable bonds is 4. The summed E-state index contributed by atoms with van der Waals surface area (Å²) in [6.45, 7) is 2.15. The Hall–Kier alpha value is -1.60. The second-order valence-corrected chi connectivity index (χ2v) is 5.45. The van der Waals surface area contributed by atoms with Gasteiger partial charge in [0.15, 0.2) is 0 Å². The molecule has 0 amide bonds. The van der Waals surface area contributed by atoms with Gasteiger partial charge in [-0.05, 0) is 47.4 Å². The molecule has 0 aliphatic heterocycles. The van der Waals surface area contributed by atoms with E-state index < -0.39 is 0 Å². The molecule has 1 nitrogen and oxygen atoms in total. The molecule has 1 N–H and O–H groups in total. The summed E-state index contributed by atoms with van der Waals surface area (Å²) in [7, 11) is 0. The standard InChI is InChI=1S/C18H20O/c1-2-13-7-9-14(10-8-13)18(19)12-16-11-15-5-3-4-6-17(15)16/h3-10,16,18-19H,2,11-12H2,1H3. The van der Waals surface area contributed by atoms with Gasteiger partial charge in [-0.15, -0.1) is 0 Å². The summed E-state index contributed by atoms with van der Waals surface area (Å²) >= 11 is 0. The van der Waals surface area contributed by atoms with E-state index in [9.17, 15) is 5.11 Å². The molecular formula is C18H20O. The van der Waals surface area contributed by atoms with Crippen LogP contribution in [0.2, 0.25) is 0 Å². The van der Waals surface area contributed by atoms with E-state index in [1.807, 2.05) is 0 Å². The van der Waals surface area contributed by atoms with Crippen molar-refractivity contribution in [1.82, 2.24) is 0 Å². The second-order valence-electron chi connectivity index (χ2n) is 5.45. The predicted molar refractivity (Wildman–Crippen MR) is 78.3 cm³/mol. The lowest BCUT2D eigenvalue weighted by Gasteiger charge is -2.31. The number of aliphatic hydroxyl groups is 1. The van der Waals surface area contributed by atoms with E-state index >= 15 is 0 Å². The van der Waals surface area contributed by atoms with Crippen LogP contribution in [-0.4, -0.2) is 5.11 Å². The van der Waals surface area contributed by atoms with E-state index in [-0.39, 0.29) is 6.10 Å². The van der Waals surface area contributed by atoms with Gasteiger partial charge in [0.25, 0.3) is 0 Å². The molecule has 0 spiro atoms. The van der Waals surface area contributed by atoms with Crippen LogP contribution in [0, 0.1) is 0 Å². The maximum absolute atomic E-state index is 10.3. The second kappa shape index (κ2) is 5.18. The third-order valence-corrected chi connectivity index (χ3v) is 4.24. The first-order chi connectivity index (χ1) is 9.28. The first-order valence-electron chi connectivity index (χ1n) is 7.12. The van der Waals surface area contributed by atoms with Crippen LogP contribution in [0.3, 0.4) is 0 Å². The minimum absolute atomic E-state index is 0.343. The molecule has 0 saturated heterocycles. The molecule has 0 fully saturated rings. The van der Waals surface area contributed by atoms with Crippen molar-refractivity contribution in [2.45, 2.75) is 38.2 Å². The molecule has 2 atom stereocenters. The number of aliphatic hydroxyl groups excluding tert-OH is 1. The average Bonchev–Trinajstić information content (AvgIpc) is 2.44. The van der Waals surface area contributed by atoms with Gasteiger partial charge in [-0.1, -0.05) is 55.5 Å². The summed E-state index contributed by atoms with van der Waals surface area (Å²) in [5.74, 6) is 0.525. The predicted octanol–water partition coefficient (Wildman–Crippen LogP) is 4.01. The minimum Gasteiger partial charge on any atom is -0.388 e. The average molecular weight is 252 g/mol. The van der Waals surface area contributed by atoms with Crippen molar-refractivity contribution in [3.63, 3.8) is 0 Å². The summed E-state index contributed by atoms with van der Waals surface area (Å²) < 4.78 is 0. The molecule has 0 aromatic heterocycles. The summed E-state index contributed by atoms with van der Waals surface area (Å²) in [6, 6.07) is 16.9. The molecule has 1 heteroatoms. The van der Waals surface area contributed by atoms with Crippen LogP contribution >= 0.6 is 0 Å². The fourth-order valence-electron chi connectivity index (χ4n) is 2.95. The summed E-state index contributed by atoms with van der Waals surface area (Å²) in [6.07, 6.45) is 2.65. The largest absolute Gasteiger partial charge is 0.388 e. The van der Waals surface area contributed by atoms with Crippen LogP contribution in [0.4, 0.5) is 0 Å². The molecule has 0 saturated carbocycles. The van der Waals surface area contributed by atoms with Crippen molar-refractivity contribution >= 4 is 0 Å². The lowest BCUT2D eigenvalue weighted by molar-refractivity contribution is 0.153. The Morgan fingerprint density at radius 3 is 2.53 bits per heavy atom. The van der Waals surface area contributed by atoms with Crippen molar-refractivity contribution in [1.29, 1.82) is 0 Å². The fourth-order valence-corrected chi connectivity index (χ4v) is 2.95. The number of hydrogen-bond donors (Lipinski definition) is 1. The van der Waals surface area contributed by atoms with Crippen molar-refractivity contribution in [2.75, 3.05) is 0 Å². The summed E-state index contributed by atoms with van der Waals surface area (Å²) in [4.78, 5) is 0. The van der Waals surface area contributed by atoms with E-state index in [0.717, 1.165) is 24.8 Å². The zero-order chi connectivity index (χ0) is 13.2. The Bertz CT molecular complexity index is 556. The molecule has 2 aromatic rings. The van der Waals surface area contributed by atoms with Crippen molar-refractivity contribution in [3.8, 4) is 0 Å².